The van der Waals surface area contributed by atoms with Gasteiger partial charge in [-0.05, 0) is 37.8 Å². The highest BCUT2D eigenvalue weighted by atomic mass is 19.3. The Hall–Kier alpha value is -4.38. The van der Waals surface area contributed by atoms with Gasteiger partial charge < -0.3 is 9.88 Å². The lowest BCUT2D eigenvalue weighted by molar-refractivity contribution is 0.122. The van der Waals surface area contributed by atoms with Crippen molar-refractivity contribution in [1.29, 1.82) is 10.5 Å². The molecular weight excluding hydrogens is 452 g/mol. The van der Waals surface area contributed by atoms with Crippen molar-refractivity contribution in [2.24, 2.45) is 0 Å². The second kappa shape index (κ2) is 9.47. The van der Waals surface area contributed by atoms with Gasteiger partial charge in [-0.1, -0.05) is 6.07 Å². The van der Waals surface area contributed by atoms with Crippen molar-refractivity contribution in [3.8, 4) is 23.4 Å². The molecule has 0 amide bonds. The van der Waals surface area contributed by atoms with Crippen LogP contribution in [0.3, 0.4) is 0 Å². The minimum atomic E-state index is -2.53. The van der Waals surface area contributed by atoms with Crippen LogP contribution in [-0.2, 0) is 6.54 Å². The summed E-state index contributed by atoms with van der Waals surface area (Å²) in [7, 11) is 0. The number of nitrogens with one attached hydrogen (secondary N) is 1. The summed E-state index contributed by atoms with van der Waals surface area (Å²) in [5.74, 6) is 0.361. The monoisotopic (exact) mass is 473 g/mol. The van der Waals surface area contributed by atoms with Gasteiger partial charge in [-0.25, -0.2) is 23.7 Å². The molecule has 9 nitrogen and oxygen atoms in total. The Morgan fingerprint density at radius 1 is 1.11 bits per heavy atom. The molecule has 1 aliphatic rings. The first-order chi connectivity index (χ1) is 17.1. The van der Waals surface area contributed by atoms with E-state index < -0.39 is 13.0 Å². The Kier molecular flexibility index (Phi) is 6.06. The van der Waals surface area contributed by atoms with Crippen LogP contribution in [0.2, 0.25) is 0 Å². The molecule has 0 saturated heterocycles. The Labute approximate surface area is 199 Å². The van der Waals surface area contributed by atoms with Crippen LogP contribution >= 0.6 is 0 Å². The Morgan fingerprint density at radius 2 is 1.97 bits per heavy atom. The molecule has 3 aromatic heterocycles. The second-order valence-electron chi connectivity index (χ2n) is 8.51. The van der Waals surface area contributed by atoms with Gasteiger partial charge in [-0.3, -0.25) is 4.68 Å². The number of halogens is 2. The Morgan fingerprint density at radius 3 is 2.77 bits per heavy atom. The zero-order valence-electron chi connectivity index (χ0n) is 18.6. The first-order valence-electron chi connectivity index (χ1n) is 11.3. The smallest absolute Gasteiger partial charge is 0.257 e. The minimum absolute atomic E-state index is 0.0720. The molecule has 1 fully saturated rings. The quantitative estimate of drug-likeness (QED) is 0.443. The number of alkyl halides is 2. The van der Waals surface area contributed by atoms with Crippen molar-refractivity contribution >= 4 is 17.0 Å². The topological polar surface area (TPSA) is 121 Å². The SMILES string of the molecule is N#Cc1cnc(N[C@@H]2CCC[C@H](n3cnc4cccc(C#N)c43)C2)nc1-c1cnn(CC(F)F)c1. The number of benzene rings is 1. The molecule has 176 valence electrons. The maximum atomic E-state index is 12.7. The molecule has 11 heteroatoms. The Balaban J connectivity index is 1.37. The third-order valence-corrected chi connectivity index (χ3v) is 6.23. The molecule has 0 aliphatic heterocycles. The molecule has 0 radical (unpaired) electrons. The van der Waals surface area contributed by atoms with Crippen LogP contribution in [0.4, 0.5) is 14.7 Å². The van der Waals surface area contributed by atoms with Crippen LogP contribution in [0.1, 0.15) is 42.9 Å². The Bertz CT molecular complexity index is 1440. The van der Waals surface area contributed by atoms with Crippen molar-refractivity contribution in [3.63, 3.8) is 0 Å². The number of nitriles is 2. The van der Waals surface area contributed by atoms with Gasteiger partial charge in [-0.15, -0.1) is 0 Å². The van der Waals surface area contributed by atoms with Crippen molar-refractivity contribution in [3.05, 3.63) is 54.2 Å². The van der Waals surface area contributed by atoms with Gasteiger partial charge in [0.25, 0.3) is 6.43 Å². The molecule has 0 spiro atoms. The number of anilines is 1. The van der Waals surface area contributed by atoms with Crippen LogP contribution in [0, 0.1) is 22.7 Å². The molecule has 1 N–H and O–H groups in total. The molecule has 3 heterocycles. The predicted octanol–water partition coefficient (Wildman–Crippen LogP) is 4.29. The lowest BCUT2D eigenvalue weighted by Gasteiger charge is -2.31. The average Bonchev–Trinajstić information content (AvgIpc) is 3.51. The second-order valence-corrected chi connectivity index (χ2v) is 8.51. The van der Waals surface area contributed by atoms with Gasteiger partial charge >= 0.3 is 0 Å². The van der Waals surface area contributed by atoms with Crippen molar-refractivity contribution in [2.75, 3.05) is 5.32 Å². The minimum Gasteiger partial charge on any atom is -0.351 e. The normalized spacial score (nSPS) is 17.9. The van der Waals surface area contributed by atoms with E-state index in [0.717, 1.165) is 41.4 Å². The number of aromatic nitrogens is 6. The number of nitrogens with zero attached hydrogens (tertiary/aromatic N) is 8. The molecule has 5 rings (SSSR count). The zero-order chi connectivity index (χ0) is 24.4. The first-order valence-corrected chi connectivity index (χ1v) is 11.3. The average molecular weight is 473 g/mol. The first kappa shape index (κ1) is 22.4. The number of hydrogen-bond acceptors (Lipinski definition) is 7. The van der Waals surface area contributed by atoms with Gasteiger partial charge in [0.15, 0.2) is 0 Å². The number of rotatable bonds is 6. The van der Waals surface area contributed by atoms with Crippen molar-refractivity contribution in [2.45, 2.75) is 50.7 Å². The standard InChI is InChI=1S/C24H21F2N9/c25-21(26)13-34-12-17(11-31-34)22-16(9-28)10-29-24(33-22)32-18-4-2-5-19(7-18)35-14-30-20-6-1-3-15(8-27)23(20)35/h1,3,6,10-12,14,18-19,21H,2,4-5,7,13H2,(H,29,32,33)/t18-,19+/m1/s1. The molecule has 4 aromatic rings. The van der Waals surface area contributed by atoms with E-state index in [1.165, 1.54) is 18.6 Å². The molecule has 1 saturated carbocycles. The van der Waals surface area contributed by atoms with E-state index in [1.54, 1.807) is 12.4 Å². The fourth-order valence-electron chi connectivity index (χ4n) is 4.67. The maximum Gasteiger partial charge on any atom is 0.257 e. The summed E-state index contributed by atoms with van der Waals surface area (Å²) in [4.78, 5) is 13.3. The van der Waals surface area contributed by atoms with Gasteiger partial charge in [0.2, 0.25) is 5.95 Å². The van der Waals surface area contributed by atoms with Crippen LogP contribution in [-0.4, -0.2) is 41.8 Å². The van der Waals surface area contributed by atoms with E-state index in [4.69, 9.17) is 0 Å². The van der Waals surface area contributed by atoms with Crippen molar-refractivity contribution < 1.29 is 8.78 Å². The van der Waals surface area contributed by atoms with E-state index in [-0.39, 0.29) is 17.6 Å². The van der Waals surface area contributed by atoms with Gasteiger partial charge in [0.05, 0.1) is 46.6 Å². The largest absolute Gasteiger partial charge is 0.351 e. The lowest BCUT2D eigenvalue weighted by Crippen LogP contribution is -2.29. The molecule has 0 unspecified atom stereocenters. The van der Waals surface area contributed by atoms with Crippen LogP contribution < -0.4 is 5.32 Å². The molecule has 1 aromatic carbocycles. The molecular formula is C24H21F2N9. The van der Waals surface area contributed by atoms with E-state index in [1.807, 2.05) is 12.1 Å². The number of para-hydroxylation sites is 1. The third kappa shape index (κ3) is 4.53. The zero-order valence-corrected chi connectivity index (χ0v) is 18.6. The summed E-state index contributed by atoms with van der Waals surface area (Å²) in [6.07, 6.45) is 7.21. The highest BCUT2D eigenvalue weighted by Crippen LogP contribution is 2.33. The summed E-state index contributed by atoms with van der Waals surface area (Å²) < 4.78 is 28.6. The lowest BCUT2D eigenvalue weighted by atomic mass is 9.90. The van der Waals surface area contributed by atoms with Gasteiger partial charge in [0.1, 0.15) is 18.7 Å². The fraction of sp³-hybridized carbons (Fsp3) is 0.333. The van der Waals surface area contributed by atoms with Crippen molar-refractivity contribution in [1.82, 2.24) is 29.3 Å². The number of hydrogen-bond donors (Lipinski definition) is 1. The maximum absolute atomic E-state index is 12.7. The summed E-state index contributed by atoms with van der Waals surface area (Å²) in [6.45, 7) is -0.530. The number of imidazole rings is 1. The molecule has 1 aliphatic carbocycles. The molecule has 35 heavy (non-hydrogen) atoms. The van der Waals surface area contributed by atoms with Gasteiger partial charge in [-0.2, -0.15) is 15.6 Å². The van der Waals surface area contributed by atoms with E-state index in [9.17, 15) is 19.3 Å². The third-order valence-electron chi connectivity index (χ3n) is 6.23. The highest BCUT2D eigenvalue weighted by molar-refractivity contribution is 5.81. The summed E-state index contributed by atoms with van der Waals surface area (Å²) in [5.41, 5.74) is 3.30. The summed E-state index contributed by atoms with van der Waals surface area (Å²) in [6, 6.07) is 10.1. The summed E-state index contributed by atoms with van der Waals surface area (Å²) in [5, 5.41) is 26.3. The summed E-state index contributed by atoms with van der Waals surface area (Å²) >= 11 is 0. The van der Waals surface area contributed by atoms with Gasteiger partial charge in [0, 0.05) is 23.8 Å². The van der Waals surface area contributed by atoms with E-state index >= 15 is 0 Å². The van der Waals surface area contributed by atoms with Crippen LogP contribution in [0.25, 0.3) is 22.3 Å². The fourth-order valence-corrected chi connectivity index (χ4v) is 4.67. The highest BCUT2D eigenvalue weighted by Gasteiger charge is 2.26. The van der Waals surface area contributed by atoms with E-state index in [0.29, 0.717) is 22.8 Å². The molecule has 2 atom stereocenters. The predicted molar refractivity (Wildman–Crippen MR) is 123 cm³/mol. The van der Waals surface area contributed by atoms with Crippen LogP contribution in [0.5, 0.6) is 0 Å². The number of fused-ring (bicyclic) bond motifs is 1. The molecule has 0 bridgehead atoms. The van der Waals surface area contributed by atoms with Crippen LogP contribution in [0.15, 0.2) is 43.1 Å². The van der Waals surface area contributed by atoms with E-state index in [2.05, 4.69) is 42.1 Å².